The maximum absolute atomic E-state index is 13.4. The van der Waals surface area contributed by atoms with Gasteiger partial charge in [-0.3, -0.25) is 9.89 Å². The molecule has 1 atom stereocenters. The summed E-state index contributed by atoms with van der Waals surface area (Å²) in [5, 5.41) is 26.9. The number of nitrogens with zero attached hydrogens (tertiary/aromatic N) is 8. The quantitative estimate of drug-likeness (QED) is 0.397. The highest BCUT2D eigenvalue weighted by molar-refractivity contribution is 6.07. The smallest absolute Gasteiger partial charge is 0.255 e. The number of pyridine rings is 1. The summed E-state index contributed by atoms with van der Waals surface area (Å²) in [6, 6.07) is 9.49. The molecule has 12 nitrogen and oxygen atoms in total. The van der Waals surface area contributed by atoms with E-state index in [1.165, 1.54) is 0 Å². The van der Waals surface area contributed by atoms with Crippen LogP contribution in [-0.4, -0.2) is 74.5 Å². The van der Waals surface area contributed by atoms with Gasteiger partial charge in [0.25, 0.3) is 5.91 Å². The molecule has 5 heterocycles. The van der Waals surface area contributed by atoms with Crippen molar-refractivity contribution in [3.05, 3.63) is 47.8 Å². The molecule has 12 heteroatoms. The summed E-state index contributed by atoms with van der Waals surface area (Å²) in [6.45, 7) is 7.55. The summed E-state index contributed by atoms with van der Waals surface area (Å²) in [4.78, 5) is 22.1. The maximum Gasteiger partial charge on any atom is 0.255 e. The van der Waals surface area contributed by atoms with E-state index in [1.54, 1.807) is 4.68 Å². The minimum Gasteiger partial charge on any atom is -0.354 e. The minimum atomic E-state index is -0.292. The van der Waals surface area contributed by atoms with Crippen LogP contribution in [0.2, 0.25) is 0 Å². The van der Waals surface area contributed by atoms with E-state index in [-0.39, 0.29) is 11.9 Å². The highest BCUT2D eigenvalue weighted by Crippen LogP contribution is 2.34. The Hall–Kier alpha value is -4.32. The molecule has 6 rings (SSSR count). The fraction of sp³-hybridized carbons (Fsp3) is 0.333. The predicted molar refractivity (Wildman–Crippen MR) is 137 cm³/mol. The first-order chi connectivity index (χ1) is 17.5. The van der Waals surface area contributed by atoms with E-state index in [9.17, 15) is 4.79 Å². The van der Waals surface area contributed by atoms with Crippen molar-refractivity contribution in [3.63, 3.8) is 0 Å². The molecule has 1 unspecified atom stereocenters. The molecule has 3 N–H and O–H groups in total. The molecule has 3 aromatic heterocycles. The monoisotopic (exact) mass is 485 g/mol. The van der Waals surface area contributed by atoms with Crippen LogP contribution in [0.5, 0.6) is 0 Å². The number of hydrogen-bond acceptors (Lipinski definition) is 9. The molecule has 1 amide bonds. The number of anilines is 3. The van der Waals surface area contributed by atoms with E-state index in [2.05, 4.69) is 52.3 Å². The molecule has 0 spiro atoms. The van der Waals surface area contributed by atoms with Gasteiger partial charge in [0.2, 0.25) is 5.95 Å². The molecule has 0 aliphatic carbocycles. The van der Waals surface area contributed by atoms with Gasteiger partial charge in [-0.05, 0) is 54.6 Å². The first kappa shape index (κ1) is 22.2. The number of amides is 1. The van der Waals surface area contributed by atoms with Crippen LogP contribution in [0.15, 0.2) is 47.8 Å². The first-order valence-electron chi connectivity index (χ1n) is 11.9. The average Bonchev–Trinajstić information content (AvgIpc) is 3.56. The van der Waals surface area contributed by atoms with Crippen molar-refractivity contribution in [3.8, 4) is 11.3 Å². The van der Waals surface area contributed by atoms with Gasteiger partial charge in [-0.15, -0.1) is 0 Å². The standard InChI is InChI=1S/C24H27N11O/c1-14-21(15(2)35-24(33(14)3)30-31-32-35)23(36)27-17-4-5-19-18(13-17)22(29-28-19)16-6-7-26-20(12-16)34-10-8-25-9-11-34/h4-7,12-13,15,25H,8-11H2,1-3H3,(H,27,36)(H,28,29). The van der Waals surface area contributed by atoms with E-state index < -0.39 is 0 Å². The largest absolute Gasteiger partial charge is 0.354 e. The molecule has 36 heavy (non-hydrogen) atoms. The number of piperazine rings is 1. The van der Waals surface area contributed by atoms with Gasteiger partial charge >= 0.3 is 0 Å². The summed E-state index contributed by atoms with van der Waals surface area (Å²) < 4.78 is 1.65. The number of tetrazole rings is 1. The lowest BCUT2D eigenvalue weighted by Crippen LogP contribution is -2.43. The third-order valence-electron chi connectivity index (χ3n) is 6.98. The molecular formula is C24H27N11O. The van der Waals surface area contributed by atoms with Crippen molar-refractivity contribution in [2.45, 2.75) is 19.9 Å². The van der Waals surface area contributed by atoms with Crippen molar-refractivity contribution in [1.29, 1.82) is 0 Å². The first-order valence-corrected chi connectivity index (χ1v) is 11.9. The van der Waals surface area contributed by atoms with Crippen LogP contribution in [0.4, 0.5) is 17.5 Å². The van der Waals surface area contributed by atoms with Gasteiger partial charge in [-0.1, -0.05) is 5.10 Å². The number of benzene rings is 1. The van der Waals surface area contributed by atoms with Crippen LogP contribution in [0.3, 0.4) is 0 Å². The van der Waals surface area contributed by atoms with Crippen LogP contribution in [0.1, 0.15) is 19.9 Å². The Morgan fingerprint density at radius 2 is 2.00 bits per heavy atom. The van der Waals surface area contributed by atoms with Crippen LogP contribution in [0.25, 0.3) is 22.2 Å². The molecule has 1 fully saturated rings. The van der Waals surface area contributed by atoms with Crippen molar-refractivity contribution in [1.82, 2.24) is 40.7 Å². The Kier molecular flexibility index (Phi) is 5.37. The second-order valence-electron chi connectivity index (χ2n) is 9.08. The van der Waals surface area contributed by atoms with Gasteiger partial charge in [0.05, 0.1) is 17.1 Å². The number of rotatable bonds is 4. The summed E-state index contributed by atoms with van der Waals surface area (Å²) in [7, 11) is 1.85. The number of carbonyl (C=O) groups is 1. The molecular weight excluding hydrogens is 458 g/mol. The van der Waals surface area contributed by atoms with Gasteiger partial charge < -0.3 is 20.4 Å². The molecule has 4 aromatic rings. The second kappa shape index (κ2) is 8.72. The van der Waals surface area contributed by atoms with Gasteiger partial charge in [0.1, 0.15) is 11.5 Å². The molecule has 2 aliphatic heterocycles. The second-order valence-corrected chi connectivity index (χ2v) is 9.08. The van der Waals surface area contributed by atoms with Crippen LogP contribution in [0, 0.1) is 0 Å². The lowest BCUT2D eigenvalue weighted by molar-refractivity contribution is -0.113. The van der Waals surface area contributed by atoms with Crippen molar-refractivity contribution < 1.29 is 4.79 Å². The minimum absolute atomic E-state index is 0.192. The third-order valence-corrected chi connectivity index (χ3v) is 6.98. The number of aromatic nitrogens is 7. The van der Waals surface area contributed by atoms with Crippen LogP contribution >= 0.6 is 0 Å². The number of allylic oxidation sites excluding steroid dienone is 1. The Morgan fingerprint density at radius 1 is 1.17 bits per heavy atom. The fourth-order valence-electron chi connectivity index (χ4n) is 4.91. The molecule has 1 saturated heterocycles. The lowest BCUT2D eigenvalue weighted by atomic mass is 10.0. The summed E-state index contributed by atoms with van der Waals surface area (Å²) in [5.41, 5.74) is 4.79. The number of carbonyl (C=O) groups excluding carboxylic acids is 1. The Bertz CT molecular complexity index is 1480. The highest BCUT2D eigenvalue weighted by atomic mass is 16.1. The zero-order valence-electron chi connectivity index (χ0n) is 20.4. The summed E-state index contributed by atoms with van der Waals surface area (Å²) in [5.74, 6) is 1.36. The topological polar surface area (TPSA) is 133 Å². The van der Waals surface area contributed by atoms with E-state index in [0.717, 1.165) is 59.9 Å². The molecule has 0 bridgehead atoms. The maximum atomic E-state index is 13.4. The number of hydrogen-bond donors (Lipinski definition) is 3. The van der Waals surface area contributed by atoms with E-state index in [1.807, 2.05) is 56.3 Å². The molecule has 184 valence electrons. The zero-order valence-corrected chi connectivity index (χ0v) is 20.4. The molecule has 1 aromatic carbocycles. The van der Waals surface area contributed by atoms with Gasteiger partial charge in [0, 0.05) is 61.8 Å². The molecule has 0 saturated carbocycles. The number of fused-ring (bicyclic) bond motifs is 2. The molecule has 0 radical (unpaired) electrons. The number of aromatic amines is 1. The van der Waals surface area contributed by atoms with Crippen LogP contribution in [-0.2, 0) is 4.79 Å². The zero-order chi connectivity index (χ0) is 24.8. The van der Waals surface area contributed by atoms with Gasteiger partial charge in [-0.25, -0.2) is 9.67 Å². The van der Waals surface area contributed by atoms with Gasteiger partial charge in [0.15, 0.2) is 0 Å². The third kappa shape index (κ3) is 3.66. The van der Waals surface area contributed by atoms with Gasteiger partial charge in [-0.2, -0.15) is 5.10 Å². The molecule has 2 aliphatic rings. The van der Waals surface area contributed by atoms with Crippen molar-refractivity contribution in [2.24, 2.45) is 0 Å². The normalized spacial score (nSPS) is 18.0. The highest BCUT2D eigenvalue weighted by Gasteiger charge is 2.32. The van der Waals surface area contributed by atoms with E-state index in [4.69, 9.17) is 0 Å². The van der Waals surface area contributed by atoms with Crippen LogP contribution < -0.4 is 20.4 Å². The Morgan fingerprint density at radius 3 is 2.83 bits per heavy atom. The Balaban J connectivity index is 1.30. The summed E-state index contributed by atoms with van der Waals surface area (Å²) >= 11 is 0. The predicted octanol–water partition coefficient (Wildman–Crippen LogP) is 1.94. The fourth-order valence-corrected chi connectivity index (χ4v) is 4.91. The van der Waals surface area contributed by atoms with Crippen molar-refractivity contribution >= 4 is 34.3 Å². The average molecular weight is 486 g/mol. The van der Waals surface area contributed by atoms with E-state index in [0.29, 0.717) is 17.2 Å². The summed E-state index contributed by atoms with van der Waals surface area (Å²) in [6.07, 6.45) is 1.82. The Labute approximate surface area is 207 Å². The number of nitrogens with one attached hydrogen (secondary N) is 3. The van der Waals surface area contributed by atoms with E-state index >= 15 is 0 Å². The van der Waals surface area contributed by atoms with Crippen molar-refractivity contribution in [2.75, 3.05) is 48.3 Å². The SMILES string of the molecule is CC1=C(C(=O)Nc2ccc3[nH]nc(-c4ccnc(N5CCNCC5)c4)c3c2)C(C)n2nnnc2N1C. The lowest BCUT2D eigenvalue weighted by Gasteiger charge is -2.30. The number of H-pyrrole nitrogens is 1.